The molecule has 1 aromatic heterocycles. The SMILES string of the molecule is O=C(Nc1ccccn1)c1ccc2c(c1)C(=O)N(C1CCCCC1)C2=O. The average Bonchev–Trinajstić information content (AvgIpc) is 2.93. The summed E-state index contributed by atoms with van der Waals surface area (Å²) in [7, 11) is 0. The van der Waals surface area contributed by atoms with E-state index in [-0.39, 0.29) is 23.8 Å². The molecule has 2 aliphatic rings. The molecule has 2 heterocycles. The normalized spacial score (nSPS) is 17.3. The zero-order valence-corrected chi connectivity index (χ0v) is 14.3. The summed E-state index contributed by atoms with van der Waals surface area (Å²) in [4.78, 5) is 43.3. The number of imide groups is 1. The van der Waals surface area contributed by atoms with Crippen molar-refractivity contribution in [2.24, 2.45) is 0 Å². The first kappa shape index (κ1) is 16.4. The summed E-state index contributed by atoms with van der Waals surface area (Å²) < 4.78 is 0. The van der Waals surface area contributed by atoms with Crippen LogP contribution in [0.15, 0.2) is 42.6 Å². The second-order valence-electron chi connectivity index (χ2n) is 6.70. The highest BCUT2D eigenvalue weighted by molar-refractivity contribution is 6.22. The zero-order chi connectivity index (χ0) is 18.1. The van der Waals surface area contributed by atoms with Gasteiger partial charge in [-0.25, -0.2) is 4.98 Å². The number of rotatable bonds is 3. The molecule has 6 heteroatoms. The van der Waals surface area contributed by atoms with E-state index >= 15 is 0 Å². The standard InChI is InChI=1S/C20H19N3O3/c24-18(22-17-8-4-5-11-21-17)13-9-10-15-16(12-13)20(26)23(19(15)25)14-6-2-1-3-7-14/h4-5,8-12,14H,1-3,6-7H2,(H,21,22,24). The Morgan fingerprint density at radius 1 is 1.00 bits per heavy atom. The van der Waals surface area contributed by atoms with E-state index in [1.165, 1.54) is 11.0 Å². The number of aromatic nitrogens is 1. The fraction of sp³-hybridized carbons (Fsp3) is 0.300. The molecule has 3 amide bonds. The number of fused-ring (bicyclic) bond motifs is 1. The first-order chi connectivity index (χ1) is 12.6. The molecule has 0 saturated heterocycles. The topological polar surface area (TPSA) is 79.4 Å². The molecule has 132 valence electrons. The molecule has 0 bridgehead atoms. The molecule has 26 heavy (non-hydrogen) atoms. The second-order valence-corrected chi connectivity index (χ2v) is 6.70. The lowest BCUT2D eigenvalue weighted by atomic mass is 9.94. The third kappa shape index (κ3) is 2.87. The summed E-state index contributed by atoms with van der Waals surface area (Å²) in [6.45, 7) is 0. The van der Waals surface area contributed by atoms with Crippen LogP contribution >= 0.6 is 0 Å². The minimum absolute atomic E-state index is 0.0260. The summed E-state index contributed by atoms with van der Waals surface area (Å²) in [5.41, 5.74) is 1.03. The van der Waals surface area contributed by atoms with E-state index in [4.69, 9.17) is 0 Å². The van der Waals surface area contributed by atoms with E-state index < -0.39 is 0 Å². The summed E-state index contributed by atoms with van der Waals surface area (Å²) in [6.07, 6.45) is 6.53. The van der Waals surface area contributed by atoms with Gasteiger partial charge in [-0.05, 0) is 43.2 Å². The number of hydrogen-bond donors (Lipinski definition) is 1. The molecule has 4 rings (SSSR count). The molecule has 0 radical (unpaired) electrons. The van der Waals surface area contributed by atoms with Crippen LogP contribution in [0.5, 0.6) is 0 Å². The molecule has 1 fully saturated rings. The van der Waals surface area contributed by atoms with Gasteiger partial charge in [-0.15, -0.1) is 0 Å². The molecule has 1 aliphatic heterocycles. The summed E-state index contributed by atoms with van der Waals surface area (Å²) in [6, 6.07) is 9.85. The predicted octanol–water partition coefficient (Wildman–Crippen LogP) is 3.26. The lowest BCUT2D eigenvalue weighted by Crippen LogP contribution is -2.40. The van der Waals surface area contributed by atoms with Crippen molar-refractivity contribution in [3.05, 3.63) is 59.3 Å². The number of amides is 3. The molecule has 1 saturated carbocycles. The number of anilines is 1. The Labute approximate surface area is 151 Å². The molecule has 1 N–H and O–H groups in total. The molecule has 0 unspecified atom stereocenters. The van der Waals surface area contributed by atoms with Gasteiger partial charge in [0.25, 0.3) is 17.7 Å². The third-order valence-electron chi connectivity index (χ3n) is 5.03. The number of carbonyl (C=O) groups is 3. The Morgan fingerprint density at radius 3 is 2.50 bits per heavy atom. The minimum atomic E-state index is -0.358. The highest BCUT2D eigenvalue weighted by atomic mass is 16.2. The van der Waals surface area contributed by atoms with Crippen molar-refractivity contribution in [1.82, 2.24) is 9.88 Å². The molecule has 6 nitrogen and oxygen atoms in total. The van der Waals surface area contributed by atoms with Crippen molar-refractivity contribution in [2.45, 2.75) is 38.1 Å². The van der Waals surface area contributed by atoms with Crippen LogP contribution in [0.4, 0.5) is 5.82 Å². The number of carbonyl (C=O) groups excluding carboxylic acids is 3. The van der Waals surface area contributed by atoms with Crippen LogP contribution in [0.2, 0.25) is 0 Å². The van der Waals surface area contributed by atoms with Crippen LogP contribution in [0.3, 0.4) is 0 Å². The van der Waals surface area contributed by atoms with Gasteiger partial charge < -0.3 is 5.32 Å². The van der Waals surface area contributed by atoms with E-state index in [0.29, 0.717) is 22.5 Å². The largest absolute Gasteiger partial charge is 0.307 e. The molecule has 1 aromatic carbocycles. The number of benzene rings is 1. The Kier molecular flexibility index (Phi) is 4.24. The fourth-order valence-corrected chi connectivity index (χ4v) is 3.70. The predicted molar refractivity (Wildman–Crippen MR) is 96.0 cm³/mol. The first-order valence-electron chi connectivity index (χ1n) is 8.89. The van der Waals surface area contributed by atoms with Crippen molar-refractivity contribution >= 4 is 23.5 Å². The van der Waals surface area contributed by atoms with Gasteiger partial charge in [0.2, 0.25) is 0 Å². The Balaban J connectivity index is 1.58. The maximum Gasteiger partial charge on any atom is 0.261 e. The van der Waals surface area contributed by atoms with E-state index in [2.05, 4.69) is 10.3 Å². The first-order valence-corrected chi connectivity index (χ1v) is 8.89. The zero-order valence-electron chi connectivity index (χ0n) is 14.3. The summed E-state index contributed by atoms with van der Waals surface area (Å²) >= 11 is 0. The van der Waals surface area contributed by atoms with Gasteiger partial charge in [-0.3, -0.25) is 19.3 Å². The molecule has 0 atom stereocenters. The average molecular weight is 349 g/mol. The van der Waals surface area contributed by atoms with Crippen molar-refractivity contribution in [1.29, 1.82) is 0 Å². The van der Waals surface area contributed by atoms with Gasteiger partial charge in [0.05, 0.1) is 11.1 Å². The van der Waals surface area contributed by atoms with Crippen LogP contribution in [-0.4, -0.2) is 33.6 Å². The van der Waals surface area contributed by atoms with Gasteiger partial charge in [0, 0.05) is 17.8 Å². The van der Waals surface area contributed by atoms with Crippen LogP contribution in [0.25, 0.3) is 0 Å². The fourth-order valence-electron chi connectivity index (χ4n) is 3.70. The van der Waals surface area contributed by atoms with Gasteiger partial charge in [0.15, 0.2) is 0 Å². The monoisotopic (exact) mass is 349 g/mol. The lowest BCUT2D eigenvalue weighted by molar-refractivity contribution is 0.0549. The second kappa shape index (κ2) is 6.71. The van der Waals surface area contributed by atoms with Gasteiger partial charge in [0.1, 0.15) is 5.82 Å². The van der Waals surface area contributed by atoms with E-state index in [1.54, 1.807) is 36.5 Å². The summed E-state index contributed by atoms with van der Waals surface area (Å²) in [5, 5.41) is 2.69. The maximum absolute atomic E-state index is 12.8. The van der Waals surface area contributed by atoms with Crippen LogP contribution in [0, 0.1) is 0 Å². The van der Waals surface area contributed by atoms with Crippen molar-refractivity contribution in [3.8, 4) is 0 Å². The van der Waals surface area contributed by atoms with Crippen LogP contribution < -0.4 is 5.32 Å². The highest BCUT2D eigenvalue weighted by Crippen LogP contribution is 2.31. The third-order valence-corrected chi connectivity index (χ3v) is 5.03. The van der Waals surface area contributed by atoms with Crippen molar-refractivity contribution < 1.29 is 14.4 Å². The van der Waals surface area contributed by atoms with Crippen LogP contribution in [-0.2, 0) is 0 Å². The lowest BCUT2D eigenvalue weighted by Gasteiger charge is -2.29. The molecule has 2 aromatic rings. The smallest absolute Gasteiger partial charge is 0.261 e. The van der Waals surface area contributed by atoms with E-state index in [9.17, 15) is 14.4 Å². The van der Waals surface area contributed by atoms with Gasteiger partial charge >= 0.3 is 0 Å². The Morgan fingerprint density at radius 2 is 1.77 bits per heavy atom. The Hall–Kier alpha value is -3.02. The van der Waals surface area contributed by atoms with Crippen molar-refractivity contribution in [3.63, 3.8) is 0 Å². The Bertz CT molecular complexity index is 873. The van der Waals surface area contributed by atoms with Gasteiger partial charge in [-0.1, -0.05) is 25.3 Å². The number of nitrogens with one attached hydrogen (secondary N) is 1. The maximum atomic E-state index is 12.8. The minimum Gasteiger partial charge on any atom is -0.307 e. The van der Waals surface area contributed by atoms with Gasteiger partial charge in [-0.2, -0.15) is 0 Å². The highest BCUT2D eigenvalue weighted by Gasteiger charge is 2.40. The van der Waals surface area contributed by atoms with E-state index in [0.717, 1.165) is 32.1 Å². The molecule has 1 aliphatic carbocycles. The molecular weight excluding hydrogens is 330 g/mol. The quantitative estimate of drug-likeness (QED) is 0.863. The summed E-state index contributed by atoms with van der Waals surface area (Å²) in [5.74, 6) is -0.454. The number of pyridine rings is 1. The number of hydrogen-bond acceptors (Lipinski definition) is 4. The van der Waals surface area contributed by atoms with E-state index in [1.807, 2.05) is 0 Å². The molecular formula is C20H19N3O3. The number of nitrogens with zero attached hydrogens (tertiary/aromatic N) is 2. The van der Waals surface area contributed by atoms with Crippen LogP contribution in [0.1, 0.15) is 63.2 Å². The molecule has 0 spiro atoms. The van der Waals surface area contributed by atoms with Crippen molar-refractivity contribution in [2.75, 3.05) is 5.32 Å².